The summed E-state index contributed by atoms with van der Waals surface area (Å²) in [6.07, 6.45) is 6.57. The van der Waals surface area contributed by atoms with E-state index in [0.717, 1.165) is 11.8 Å². The second kappa shape index (κ2) is 5.91. The number of rotatable bonds is 3. The maximum atomic E-state index is 13.0. The molecule has 0 aliphatic heterocycles. The molecule has 1 amide bonds. The molecule has 0 heterocycles. The minimum absolute atomic E-state index is 0.0261. The molecular weight excluding hydrogens is 302 g/mol. The Bertz CT molecular complexity index is 641. The van der Waals surface area contributed by atoms with E-state index < -0.39 is 5.97 Å². The van der Waals surface area contributed by atoms with Gasteiger partial charge in [-0.25, -0.2) is 4.79 Å². The molecule has 4 heteroatoms. The Morgan fingerprint density at radius 3 is 2.17 bits per heavy atom. The minimum atomic E-state index is -0.401. The van der Waals surface area contributed by atoms with Gasteiger partial charge in [0.05, 0.1) is 12.7 Å². The summed E-state index contributed by atoms with van der Waals surface area (Å²) >= 11 is 0. The highest BCUT2D eigenvalue weighted by Crippen LogP contribution is 2.55. The van der Waals surface area contributed by atoms with Gasteiger partial charge in [0, 0.05) is 18.7 Å². The molecule has 0 spiro atoms. The summed E-state index contributed by atoms with van der Waals surface area (Å²) in [5.41, 5.74) is 1.01. The summed E-state index contributed by atoms with van der Waals surface area (Å²) in [7, 11) is 3.30. The van der Waals surface area contributed by atoms with Crippen LogP contribution in [0.3, 0.4) is 0 Å². The van der Waals surface area contributed by atoms with Crippen LogP contribution in [-0.4, -0.2) is 37.0 Å². The number of benzene rings is 1. The highest BCUT2D eigenvalue weighted by molar-refractivity contribution is 5.98. The summed E-state index contributed by atoms with van der Waals surface area (Å²) < 4.78 is 4.76. The molecule has 1 aromatic rings. The number of ether oxygens (including phenoxy) is 1. The zero-order valence-electron chi connectivity index (χ0n) is 14.4. The third kappa shape index (κ3) is 2.52. The van der Waals surface area contributed by atoms with Gasteiger partial charge in [0.1, 0.15) is 0 Å². The zero-order valence-corrected chi connectivity index (χ0v) is 14.4. The highest BCUT2D eigenvalue weighted by atomic mass is 16.5. The fourth-order valence-electron chi connectivity index (χ4n) is 5.76. The van der Waals surface area contributed by atoms with Crippen molar-refractivity contribution in [3.8, 4) is 0 Å². The molecule has 4 aliphatic carbocycles. The van der Waals surface area contributed by atoms with E-state index in [1.54, 1.807) is 24.3 Å². The molecule has 1 aromatic carbocycles. The van der Waals surface area contributed by atoms with Crippen molar-refractivity contribution in [1.82, 2.24) is 4.90 Å². The first kappa shape index (κ1) is 15.7. The van der Waals surface area contributed by atoms with E-state index in [0.29, 0.717) is 29.0 Å². The summed E-state index contributed by atoms with van der Waals surface area (Å²) in [4.78, 5) is 26.7. The van der Waals surface area contributed by atoms with E-state index in [2.05, 4.69) is 0 Å². The monoisotopic (exact) mass is 327 g/mol. The number of hydrogen-bond donors (Lipinski definition) is 0. The standard InChI is InChI=1S/C20H25NO3/c1-21(18-16-7-12-6-13(9-16)10-17(18)8-12)19(22)14-4-3-5-15(11-14)20(23)24-2/h3-5,11-13,16-18H,6-10H2,1-2H3. The lowest BCUT2D eigenvalue weighted by Crippen LogP contribution is -2.56. The summed E-state index contributed by atoms with van der Waals surface area (Å²) in [6.45, 7) is 0. The van der Waals surface area contributed by atoms with Crippen LogP contribution in [0.15, 0.2) is 24.3 Å². The molecule has 4 nitrogen and oxygen atoms in total. The predicted octanol–water partition coefficient (Wildman–Crippen LogP) is 3.37. The Morgan fingerprint density at radius 1 is 1.00 bits per heavy atom. The zero-order chi connectivity index (χ0) is 16.8. The smallest absolute Gasteiger partial charge is 0.337 e. The van der Waals surface area contributed by atoms with Crippen molar-refractivity contribution in [2.24, 2.45) is 23.7 Å². The second-order valence-electron chi connectivity index (χ2n) is 7.91. The summed E-state index contributed by atoms with van der Waals surface area (Å²) in [5, 5.41) is 0. The third-order valence-corrected chi connectivity index (χ3v) is 6.48. The first-order valence-electron chi connectivity index (χ1n) is 9.02. The first-order valence-corrected chi connectivity index (χ1v) is 9.02. The normalized spacial score (nSPS) is 33.3. The molecule has 24 heavy (non-hydrogen) atoms. The van der Waals surface area contributed by atoms with Crippen LogP contribution in [0.5, 0.6) is 0 Å². The fourth-order valence-corrected chi connectivity index (χ4v) is 5.76. The first-order chi connectivity index (χ1) is 11.6. The quantitative estimate of drug-likeness (QED) is 0.800. The molecule has 4 aliphatic rings. The van der Waals surface area contributed by atoms with Gasteiger partial charge in [-0.1, -0.05) is 6.07 Å². The minimum Gasteiger partial charge on any atom is -0.465 e. The molecule has 0 N–H and O–H groups in total. The lowest BCUT2D eigenvalue weighted by Gasteiger charge is -2.56. The summed E-state index contributed by atoms with van der Waals surface area (Å²) in [5.74, 6) is 2.75. The number of carbonyl (C=O) groups is 2. The second-order valence-corrected chi connectivity index (χ2v) is 7.91. The number of methoxy groups -OCH3 is 1. The number of amides is 1. The molecule has 0 aromatic heterocycles. The van der Waals surface area contributed by atoms with E-state index in [-0.39, 0.29) is 5.91 Å². The van der Waals surface area contributed by atoms with Crippen LogP contribution in [0.2, 0.25) is 0 Å². The van der Waals surface area contributed by atoms with E-state index in [9.17, 15) is 9.59 Å². The van der Waals surface area contributed by atoms with Gasteiger partial charge < -0.3 is 9.64 Å². The maximum absolute atomic E-state index is 13.0. The van der Waals surface area contributed by atoms with Crippen molar-refractivity contribution in [1.29, 1.82) is 0 Å². The highest BCUT2D eigenvalue weighted by Gasteiger charge is 2.50. The molecule has 0 radical (unpaired) electrons. The Kier molecular flexibility index (Phi) is 3.86. The van der Waals surface area contributed by atoms with Gasteiger partial charge in [0.15, 0.2) is 0 Å². The number of carbonyl (C=O) groups excluding carboxylic acids is 2. The van der Waals surface area contributed by atoms with E-state index in [4.69, 9.17) is 4.74 Å². The Hall–Kier alpha value is -1.84. The molecule has 4 bridgehead atoms. The van der Waals surface area contributed by atoms with Gasteiger partial charge in [0.25, 0.3) is 5.91 Å². The van der Waals surface area contributed by atoms with Crippen molar-refractivity contribution in [3.63, 3.8) is 0 Å². The Labute approximate surface area is 143 Å². The van der Waals surface area contributed by atoms with Gasteiger partial charge in [-0.2, -0.15) is 0 Å². The third-order valence-electron chi connectivity index (χ3n) is 6.48. The van der Waals surface area contributed by atoms with Gasteiger partial charge in [-0.15, -0.1) is 0 Å². The number of hydrogen-bond acceptors (Lipinski definition) is 3. The van der Waals surface area contributed by atoms with E-state index in [1.165, 1.54) is 39.2 Å². The van der Waals surface area contributed by atoms with Crippen LogP contribution < -0.4 is 0 Å². The van der Waals surface area contributed by atoms with Crippen LogP contribution in [0, 0.1) is 23.7 Å². The van der Waals surface area contributed by atoms with Crippen molar-refractivity contribution < 1.29 is 14.3 Å². The van der Waals surface area contributed by atoms with E-state index >= 15 is 0 Å². The van der Waals surface area contributed by atoms with Crippen molar-refractivity contribution in [3.05, 3.63) is 35.4 Å². The molecule has 128 valence electrons. The molecule has 0 saturated heterocycles. The fraction of sp³-hybridized carbons (Fsp3) is 0.600. The van der Waals surface area contributed by atoms with Gasteiger partial charge in [-0.3, -0.25) is 4.79 Å². The Balaban J connectivity index is 1.55. The van der Waals surface area contributed by atoms with Gasteiger partial charge >= 0.3 is 5.97 Å². The summed E-state index contributed by atoms with van der Waals surface area (Å²) in [6, 6.07) is 7.25. The van der Waals surface area contributed by atoms with Crippen molar-refractivity contribution in [2.45, 2.75) is 38.1 Å². The largest absolute Gasteiger partial charge is 0.465 e. The molecule has 0 atom stereocenters. The van der Waals surface area contributed by atoms with Crippen LogP contribution in [0.1, 0.15) is 52.8 Å². The lowest BCUT2D eigenvalue weighted by atomic mass is 9.54. The van der Waals surface area contributed by atoms with Crippen LogP contribution >= 0.6 is 0 Å². The van der Waals surface area contributed by atoms with Gasteiger partial charge in [-0.05, 0) is 74.0 Å². The topological polar surface area (TPSA) is 46.6 Å². The number of esters is 1. The SMILES string of the molecule is COC(=O)c1cccc(C(=O)N(C)C2C3CC4CC(C3)CC2C4)c1. The average molecular weight is 327 g/mol. The maximum Gasteiger partial charge on any atom is 0.337 e. The lowest BCUT2D eigenvalue weighted by molar-refractivity contribution is -0.0491. The van der Waals surface area contributed by atoms with Crippen molar-refractivity contribution in [2.75, 3.05) is 14.2 Å². The molecular formula is C20H25NO3. The average Bonchev–Trinajstić information content (AvgIpc) is 2.59. The molecule has 5 rings (SSSR count). The van der Waals surface area contributed by atoms with Crippen LogP contribution in [0.4, 0.5) is 0 Å². The van der Waals surface area contributed by atoms with Crippen LogP contribution in [-0.2, 0) is 4.74 Å². The van der Waals surface area contributed by atoms with E-state index in [1.807, 2.05) is 11.9 Å². The number of nitrogens with zero attached hydrogens (tertiary/aromatic N) is 1. The van der Waals surface area contributed by atoms with Crippen molar-refractivity contribution >= 4 is 11.9 Å². The molecule has 0 unspecified atom stereocenters. The Morgan fingerprint density at radius 2 is 1.58 bits per heavy atom. The van der Waals surface area contributed by atoms with Gasteiger partial charge in [0.2, 0.25) is 0 Å². The molecule has 4 fully saturated rings. The molecule has 4 saturated carbocycles. The van der Waals surface area contributed by atoms with Crippen LogP contribution in [0.25, 0.3) is 0 Å². The predicted molar refractivity (Wildman–Crippen MR) is 90.7 cm³/mol.